The van der Waals surface area contributed by atoms with E-state index < -0.39 is 0 Å². The van der Waals surface area contributed by atoms with Gasteiger partial charge in [-0.1, -0.05) is 121 Å². The van der Waals surface area contributed by atoms with E-state index in [1.165, 1.54) is 46.4 Å². The standard InChI is InChI=1S/C28H28P2.ClH.Pd/c1-5-15-25(16-6-1)29(26-17-7-2-8-18-26)23-13-14-24-30(27-19-9-3-10-20-27)28-21-11-4-12-22-28;;/h1-12,15-22H,13-14,23-24H2;1H;/q;;+2/p-1. The fourth-order valence-corrected chi connectivity index (χ4v) is 8.62. The smallest absolute Gasteiger partial charge is 1.00 e. The van der Waals surface area contributed by atoms with Crippen LogP contribution in [0.3, 0.4) is 0 Å². The molecule has 0 saturated heterocycles. The van der Waals surface area contributed by atoms with Gasteiger partial charge in [0.15, 0.2) is 0 Å². The normalized spacial score (nSPS) is 10.4. The largest absolute Gasteiger partial charge is 2.00 e. The average molecular weight is 568 g/mol. The van der Waals surface area contributed by atoms with Gasteiger partial charge in [0.25, 0.3) is 0 Å². The molecule has 0 spiro atoms. The van der Waals surface area contributed by atoms with Gasteiger partial charge in [-0.25, -0.2) is 0 Å². The van der Waals surface area contributed by atoms with Gasteiger partial charge in [-0.3, -0.25) is 0 Å². The molecule has 0 aliphatic carbocycles. The minimum atomic E-state index is -0.283. The molecule has 0 aliphatic heterocycles. The third-order valence-electron chi connectivity index (χ3n) is 5.28. The van der Waals surface area contributed by atoms with Crippen LogP contribution < -0.4 is 33.6 Å². The summed E-state index contributed by atoms with van der Waals surface area (Å²) in [6.07, 6.45) is 5.06. The van der Waals surface area contributed by atoms with Crippen molar-refractivity contribution < 1.29 is 32.8 Å². The topological polar surface area (TPSA) is 0 Å². The minimum absolute atomic E-state index is 0. The maximum absolute atomic E-state index is 2.31. The third kappa shape index (κ3) is 7.63. The van der Waals surface area contributed by atoms with Crippen LogP contribution in [0.4, 0.5) is 0 Å². The van der Waals surface area contributed by atoms with E-state index >= 15 is 0 Å². The molecule has 0 amide bonds. The van der Waals surface area contributed by atoms with Crippen molar-refractivity contribution in [1.82, 2.24) is 0 Å². The molecule has 4 rings (SSSR count). The Bertz CT molecular complexity index is 835. The summed E-state index contributed by atoms with van der Waals surface area (Å²) in [6, 6.07) is 44.3. The minimum Gasteiger partial charge on any atom is -1.00 e. The van der Waals surface area contributed by atoms with Crippen LogP contribution in [0, 0.1) is 0 Å². The van der Waals surface area contributed by atoms with Crippen LogP contribution in [0.1, 0.15) is 12.8 Å². The molecule has 4 aromatic carbocycles. The quantitative estimate of drug-likeness (QED) is 0.166. The van der Waals surface area contributed by atoms with E-state index in [4.69, 9.17) is 0 Å². The molecule has 0 atom stereocenters. The number of hydrogen-bond donors (Lipinski definition) is 0. The first kappa shape index (κ1) is 26.9. The molecule has 0 saturated carbocycles. The molecule has 0 N–H and O–H groups in total. The molecule has 0 bridgehead atoms. The van der Waals surface area contributed by atoms with Gasteiger partial charge in [0, 0.05) is 0 Å². The summed E-state index contributed by atoms with van der Waals surface area (Å²) in [5.74, 6) is 0. The Balaban J connectivity index is 0.00000181. The Morgan fingerprint density at radius 1 is 0.375 bits per heavy atom. The van der Waals surface area contributed by atoms with Crippen molar-refractivity contribution in [3.05, 3.63) is 121 Å². The van der Waals surface area contributed by atoms with E-state index in [1.807, 2.05) is 0 Å². The first-order valence-corrected chi connectivity index (χ1v) is 13.7. The monoisotopic (exact) mass is 567 g/mol. The SMILES string of the molecule is [Cl-].[Pd+2].c1ccc(P(CCCCP(c2ccccc2)c2ccccc2)c2ccccc2)cc1. The van der Waals surface area contributed by atoms with Crippen LogP contribution >= 0.6 is 15.8 Å². The summed E-state index contributed by atoms with van der Waals surface area (Å²) in [6.45, 7) is 0. The van der Waals surface area contributed by atoms with E-state index in [2.05, 4.69) is 121 Å². The van der Waals surface area contributed by atoms with E-state index in [1.54, 1.807) is 0 Å². The Hall–Kier alpha value is -1.31. The van der Waals surface area contributed by atoms with Gasteiger partial charge in [0.1, 0.15) is 0 Å². The number of rotatable bonds is 9. The molecule has 166 valence electrons. The predicted octanol–water partition coefficient (Wildman–Crippen LogP) is 3.03. The Morgan fingerprint density at radius 2 is 0.594 bits per heavy atom. The van der Waals surface area contributed by atoms with Crippen molar-refractivity contribution in [2.75, 3.05) is 12.3 Å². The van der Waals surface area contributed by atoms with Crippen molar-refractivity contribution >= 4 is 37.1 Å². The van der Waals surface area contributed by atoms with E-state index in [-0.39, 0.29) is 48.7 Å². The summed E-state index contributed by atoms with van der Waals surface area (Å²) in [5, 5.41) is 5.97. The van der Waals surface area contributed by atoms with Gasteiger partial charge in [0.2, 0.25) is 0 Å². The summed E-state index contributed by atoms with van der Waals surface area (Å²) >= 11 is 0. The van der Waals surface area contributed by atoms with Crippen LogP contribution in [-0.4, -0.2) is 12.3 Å². The average Bonchev–Trinajstić information content (AvgIpc) is 2.84. The molecular weight excluding hydrogens is 540 g/mol. The molecule has 0 aromatic heterocycles. The van der Waals surface area contributed by atoms with E-state index in [0.717, 1.165) is 0 Å². The fourth-order valence-electron chi connectivity index (χ4n) is 3.79. The first-order chi connectivity index (χ1) is 14.9. The Kier molecular flexibility index (Phi) is 12.4. The molecule has 4 heteroatoms. The number of hydrogen-bond acceptors (Lipinski definition) is 0. The van der Waals surface area contributed by atoms with Crippen molar-refractivity contribution in [3.8, 4) is 0 Å². The van der Waals surface area contributed by atoms with Gasteiger partial charge in [-0.2, -0.15) is 0 Å². The maximum Gasteiger partial charge on any atom is 2.00 e. The summed E-state index contributed by atoms with van der Waals surface area (Å²) < 4.78 is 0. The van der Waals surface area contributed by atoms with Crippen molar-refractivity contribution in [2.45, 2.75) is 12.8 Å². The number of benzene rings is 4. The van der Waals surface area contributed by atoms with Crippen LogP contribution in [-0.2, 0) is 20.4 Å². The van der Waals surface area contributed by atoms with Gasteiger partial charge in [0.05, 0.1) is 0 Å². The van der Waals surface area contributed by atoms with E-state index in [9.17, 15) is 0 Å². The van der Waals surface area contributed by atoms with Crippen LogP contribution in [0.15, 0.2) is 121 Å². The van der Waals surface area contributed by atoms with Gasteiger partial charge >= 0.3 is 20.4 Å². The van der Waals surface area contributed by atoms with Crippen LogP contribution in [0.5, 0.6) is 0 Å². The zero-order chi connectivity index (χ0) is 20.4. The van der Waals surface area contributed by atoms with Crippen molar-refractivity contribution in [3.63, 3.8) is 0 Å². The van der Waals surface area contributed by atoms with Crippen LogP contribution in [0.2, 0.25) is 0 Å². The van der Waals surface area contributed by atoms with Gasteiger partial charge in [-0.15, -0.1) is 0 Å². The van der Waals surface area contributed by atoms with Gasteiger partial charge in [-0.05, 0) is 62.2 Å². The second kappa shape index (κ2) is 14.8. The molecule has 0 aliphatic rings. The fraction of sp³-hybridized carbons (Fsp3) is 0.143. The summed E-state index contributed by atoms with van der Waals surface area (Å²) in [5.41, 5.74) is 0. The second-order valence-corrected chi connectivity index (χ2v) is 12.0. The number of halogens is 1. The molecule has 0 unspecified atom stereocenters. The Morgan fingerprint density at radius 3 is 0.812 bits per heavy atom. The molecular formula is C28H28ClP2Pd+. The zero-order valence-electron chi connectivity index (χ0n) is 18.0. The summed E-state index contributed by atoms with van der Waals surface area (Å²) in [7, 11) is -0.566. The second-order valence-electron chi connectivity index (χ2n) is 7.35. The van der Waals surface area contributed by atoms with Crippen molar-refractivity contribution in [2.24, 2.45) is 0 Å². The van der Waals surface area contributed by atoms with Gasteiger partial charge < -0.3 is 12.4 Å². The molecule has 4 aromatic rings. The van der Waals surface area contributed by atoms with E-state index in [0.29, 0.717) is 0 Å². The zero-order valence-corrected chi connectivity index (χ0v) is 22.1. The number of unbranched alkanes of at least 4 members (excludes halogenated alkanes) is 1. The molecule has 0 heterocycles. The maximum atomic E-state index is 2.31. The molecule has 0 nitrogen and oxygen atoms in total. The predicted molar refractivity (Wildman–Crippen MR) is 137 cm³/mol. The van der Waals surface area contributed by atoms with Crippen molar-refractivity contribution in [1.29, 1.82) is 0 Å². The summed E-state index contributed by atoms with van der Waals surface area (Å²) in [4.78, 5) is 0. The first-order valence-electron chi connectivity index (χ1n) is 10.7. The van der Waals surface area contributed by atoms with Crippen LogP contribution in [0.25, 0.3) is 0 Å². The molecule has 32 heavy (non-hydrogen) atoms. The molecule has 0 radical (unpaired) electrons. The molecule has 0 fully saturated rings. The third-order valence-corrected chi connectivity index (χ3v) is 10.5. The Labute approximate surface area is 215 Å².